The van der Waals surface area contributed by atoms with Crippen molar-refractivity contribution < 1.29 is 9.59 Å². The molecular formula is C16H18BrNO2S. The van der Waals surface area contributed by atoms with Crippen LogP contribution in [0.15, 0.2) is 28.7 Å². The van der Waals surface area contributed by atoms with Gasteiger partial charge >= 0.3 is 0 Å². The molecule has 21 heavy (non-hydrogen) atoms. The summed E-state index contributed by atoms with van der Waals surface area (Å²) >= 11 is 5.27. The molecule has 112 valence electrons. The molecule has 1 heterocycles. The zero-order valence-corrected chi connectivity index (χ0v) is 14.2. The number of hydrogen-bond donors (Lipinski definition) is 0. The van der Waals surface area contributed by atoms with Crippen molar-refractivity contribution in [3.8, 4) is 0 Å². The van der Waals surface area contributed by atoms with Gasteiger partial charge in [-0.25, -0.2) is 0 Å². The van der Waals surface area contributed by atoms with E-state index in [1.165, 1.54) is 5.56 Å². The molecule has 1 saturated heterocycles. The SMILES string of the molecule is O=C1CCC(C(=O)N2CCSC2c2ccc(Br)cc2)CC1. The second-order valence-electron chi connectivity index (χ2n) is 5.62. The van der Waals surface area contributed by atoms with E-state index in [9.17, 15) is 9.59 Å². The molecule has 0 spiro atoms. The third-order valence-corrected chi connectivity index (χ3v) is 6.01. The Bertz CT molecular complexity index is 536. The second-order valence-corrected chi connectivity index (χ2v) is 7.72. The Morgan fingerprint density at radius 1 is 1.19 bits per heavy atom. The van der Waals surface area contributed by atoms with Crippen LogP contribution >= 0.6 is 27.7 Å². The van der Waals surface area contributed by atoms with Crippen LogP contribution in [0, 0.1) is 5.92 Å². The Labute approximate surface area is 137 Å². The Kier molecular flexibility index (Phi) is 4.69. The van der Waals surface area contributed by atoms with Gasteiger partial charge < -0.3 is 4.90 Å². The van der Waals surface area contributed by atoms with Crippen molar-refractivity contribution in [3.05, 3.63) is 34.3 Å². The summed E-state index contributed by atoms with van der Waals surface area (Å²) in [6, 6.07) is 8.21. The van der Waals surface area contributed by atoms with Crippen LogP contribution in [0.4, 0.5) is 0 Å². The molecule has 0 bridgehead atoms. The lowest BCUT2D eigenvalue weighted by Gasteiger charge is -2.30. The minimum atomic E-state index is 0.0411. The van der Waals surface area contributed by atoms with Crippen LogP contribution in [0.25, 0.3) is 0 Å². The van der Waals surface area contributed by atoms with Crippen molar-refractivity contribution in [3.63, 3.8) is 0 Å². The van der Waals surface area contributed by atoms with Crippen LogP contribution in [-0.4, -0.2) is 28.9 Å². The van der Waals surface area contributed by atoms with Gasteiger partial charge in [0.15, 0.2) is 0 Å². The molecule has 2 aliphatic rings. The van der Waals surface area contributed by atoms with Crippen LogP contribution < -0.4 is 0 Å². The molecule has 0 aromatic heterocycles. The summed E-state index contributed by atoms with van der Waals surface area (Å²) in [5.74, 6) is 1.57. The molecule has 1 aromatic carbocycles. The first-order valence-electron chi connectivity index (χ1n) is 7.34. The Morgan fingerprint density at radius 3 is 2.52 bits per heavy atom. The number of carbonyl (C=O) groups is 2. The molecule has 0 radical (unpaired) electrons. The predicted molar refractivity (Wildman–Crippen MR) is 88.0 cm³/mol. The number of amides is 1. The van der Waals surface area contributed by atoms with E-state index in [4.69, 9.17) is 0 Å². The lowest BCUT2D eigenvalue weighted by Crippen LogP contribution is -2.37. The molecule has 1 aliphatic carbocycles. The maximum Gasteiger partial charge on any atom is 0.226 e. The number of Topliss-reactive ketones (excluding diaryl/α,β-unsaturated/α-hetero) is 1. The zero-order valence-electron chi connectivity index (χ0n) is 11.8. The molecule has 3 rings (SSSR count). The lowest BCUT2D eigenvalue weighted by molar-refractivity contribution is -0.137. The van der Waals surface area contributed by atoms with Gasteiger partial charge in [0.25, 0.3) is 0 Å². The van der Waals surface area contributed by atoms with Crippen molar-refractivity contribution in [2.75, 3.05) is 12.3 Å². The molecule has 0 N–H and O–H groups in total. The molecule has 1 saturated carbocycles. The van der Waals surface area contributed by atoms with Gasteiger partial charge in [0.2, 0.25) is 5.91 Å². The normalized spacial score (nSPS) is 23.6. The van der Waals surface area contributed by atoms with Crippen molar-refractivity contribution in [2.24, 2.45) is 5.92 Å². The number of carbonyl (C=O) groups excluding carboxylic acids is 2. The number of hydrogen-bond acceptors (Lipinski definition) is 3. The maximum absolute atomic E-state index is 12.7. The molecule has 1 unspecified atom stereocenters. The van der Waals surface area contributed by atoms with Crippen molar-refractivity contribution in [1.82, 2.24) is 4.90 Å². The molecule has 2 fully saturated rings. The first kappa shape index (κ1) is 15.1. The Hall–Kier alpha value is -0.810. The van der Waals surface area contributed by atoms with E-state index in [0.29, 0.717) is 18.6 Å². The van der Waals surface area contributed by atoms with Crippen LogP contribution in [0.1, 0.15) is 36.6 Å². The third-order valence-electron chi connectivity index (χ3n) is 4.22. The maximum atomic E-state index is 12.7. The quantitative estimate of drug-likeness (QED) is 0.797. The molecular weight excluding hydrogens is 350 g/mol. The van der Waals surface area contributed by atoms with Gasteiger partial charge in [0, 0.05) is 35.5 Å². The largest absolute Gasteiger partial charge is 0.325 e. The molecule has 3 nitrogen and oxygen atoms in total. The molecule has 1 aromatic rings. The van der Waals surface area contributed by atoms with Crippen LogP contribution in [-0.2, 0) is 9.59 Å². The summed E-state index contributed by atoms with van der Waals surface area (Å²) in [6.45, 7) is 0.814. The summed E-state index contributed by atoms with van der Waals surface area (Å²) in [4.78, 5) is 26.1. The monoisotopic (exact) mass is 367 g/mol. The standard InChI is InChI=1S/C16H18BrNO2S/c17-13-5-1-12(2-6-13)16-18(9-10-21-16)15(20)11-3-7-14(19)8-4-11/h1-2,5-6,11,16H,3-4,7-10H2. The van der Waals surface area contributed by atoms with E-state index in [-0.39, 0.29) is 17.2 Å². The molecule has 1 amide bonds. The van der Waals surface area contributed by atoms with E-state index in [0.717, 1.165) is 29.6 Å². The third kappa shape index (κ3) is 3.34. The van der Waals surface area contributed by atoms with E-state index in [1.54, 1.807) is 0 Å². The van der Waals surface area contributed by atoms with Gasteiger partial charge in [-0.1, -0.05) is 28.1 Å². The van der Waals surface area contributed by atoms with Crippen molar-refractivity contribution >= 4 is 39.4 Å². The number of nitrogens with zero attached hydrogens (tertiary/aromatic N) is 1. The first-order valence-corrected chi connectivity index (χ1v) is 9.18. The Morgan fingerprint density at radius 2 is 1.86 bits per heavy atom. The lowest BCUT2D eigenvalue weighted by atomic mass is 9.87. The Balaban J connectivity index is 1.73. The van der Waals surface area contributed by atoms with Crippen LogP contribution in [0.2, 0.25) is 0 Å². The fourth-order valence-electron chi connectivity index (χ4n) is 3.02. The number of ketones is 1. The first-order chi connectivity index (χ1) is 10.1. The highest BCUT2D eigenvalue weighted by atomic mass is 79.9. The van der Waals surface area contributed by atoms with Crippen molar-refractivity contribution in [2.45, 2.75) is 31.1 Å². The molecule has 5 heteroatoms. The number of benzene rings is 1. The van der Waals surface area contributed by atoms with Gasteiger partial charge in [-0.05, 0) is 30.5 Å². The fourth-order valence-corrected chi connectivity index (χ4v) is 4.55. The van der Waals surface area contributed by atoms with Gasteiger partial charge in [-0.3, -0.25) is 9.59 Å². The van der Waals surface area contributed by atoms with Gasteiger partial charge in [-0.2, -0.15) is 0 Å². The van der Waals surface area contributed by atoms with Crippen LogP contribution in [0.3, 0.4) is 0 Å². The minimum Gasteiger partial charge on any atom is -0.325 e. The van der Waals surface area contributed by atoms with E-state index in [2.05, 4.69) is 28.1 Å². The highest BCUT2D eigenvalue weighted by molar-refractivity contribution is 9.10. The van der Waals surface area contributed by atoms with Crippen LogP contribution in [0.5, 0.6) is 0 Å². The molecule has 1 aliphatic heterocycles. The van der Waals surface area contributed by atoms with E-state index in [1.807, 2.05) is 28.8 Å². The van der Waals surface area contributed by atoms with Crippen molar-refractivity contribution in [1.29, 1.82) is 0 Å². The minimum absolute atomic E-state index is 0.0411. The topological polar surface area (TPSA) is 37.4 Å². The average molecular weight is 368 g/mol. The van der Waals surface area contributed by atoms with Gasteiger partial charge in [0.05, 0.1) is 0 Å². The summed E-state index contributed by atoms with van der Waals surface area (Å²) in [5, 5.41) is 0.128. The number of rotatable bonds is 2. The van der Waals surface area contributed by atoms with E-state index < -0.39 is 0 Å². The predicted octanol–water partition coefficient (Wildman–Crippen LogP) is 3.78. The summed E-state index contributed by atoms with van der Waals surface area (Å²) in [7, 11) is 0. The number of halogens is 1. The van der Waals surface area contributed by atoms with Gasteiger partial charge in [-0.15, -0.1) is 11.8 Å². The number of thioether (sulfide) groups is 1. The fraction of sp³-hybridized carbons (Fsp3) is 0.500. The summed E-state index contributed by atoms with van der Waals surface area (Å²) < 4.78 is 1.05. The summed E-state index contributed by atoms with van der Waals surface area (Å²) in [6.07, 6.45) is 2.60. The van der Waals surface area contributed by atoms with E-state index >= 15 is 0 Å². The van der Waals surface area contributed by atoms with Gasteiger partial charge in [0.1, 0.15) is 11.2 Å². The summed E-state index contributed by atoms with van der Waals surface area (Å²) in [5.41, 5.74) is 1.18. The zero-order chi connectivity index (χ0) is 14.8. The average Bonchev–Trinajstić information content (AvgIpc) is 2.97. The highest BCUT2D eigenvalue weighted by Crippen LogP contribution is 2.40. The second kappa shape index (κ2) is 6.53. The molecule has 1 atom stereocenters. The smallest absolute Gasteiger partial charge is 0.226 e. The highest BCUT2D eigenvalue weighted by Gasteiger charge is 2.35.